The van der Waals surface area contributed by atoms with Gasteiger partial charge in [-0.2, -0.15) is 0 Å². The van der Waals surface area contributed by atoms with Crippen LogP contribution in [0.1, 0.15) is 31.0 Å². The SMILES string of the molecule is CCOC1CC(Nc2nc(C)ccc2C(N)=S)C1. The quantitative estimate of drug-likeness (QED) is 0.797. The molecule has 1 saturated carbocycles. The summed E-state index contributed by atoms with van der Waals surface area (Å²) >= 11 is 5.04. The Labute approximate surface area is 113 Å². The largest absolute Gasteiger partial charge is 0.389 e. The van der Waals surface area contributed by atoms with Crippen molar-refractivity contribution in [3.63, 3.8) is 0 Å². The van der Waals surface area contributed by atoms with E-state index < -0.39 is 0 Å². The van der Waals surface area contributed by atoms with Gasteiger partial charge in [0.2, 0.25) is 0 Å². The summed E-state index contributed by atoms with van der Waals surface area (Å²) in [6.45, 7) is 4.75. The average Bonchev–Trinajstić information content (AvgIpc) is 2.26. The summed E-state index contributed by atoms with van der Waals surface area (Å²) in [5.41, 5.74) is 7.47. The number of thiocarbonyl (C=S) groups is 1. The number of aryl methyl sites for hydroxylation is 1. The summed E-state index contributed by atoms with van der Waals surface area (Å²) in [6, 6.07) is 4.25. The number of nitrogens with one attached hydrogen (secondary N) is 1. The van der Waals surface area contributed by atoms with Crippen molar-refractivity contribution in [1.29, 1.82) is 0 Å². The van der Waals surface area contributed by atoms with Crippen molar-refractivity contribution in [2.24, 2.45) is 5.73 Å². The Bertz CT molecular complexity index is 444. The molecule has 2 rings (SSSR count). The molecule has 1 aliphatic carbocycles. The first kappa shape index (κ1) is 13.2. The van der Waals surface area contributed by atoms with Gasteiger partial charge in [0.05, 0.1) is 11.7 Å². The molecule has 0 atom stereocenters. The van der Waals surface area contributed by atoms with Crippen LogP contribution in [-0.4, -0.2) is 28.7 Å². The molecule has 0 aliphatic heterocycles. The number of hydrogen-bond donors (Lipinski definition) is 2. The lowest BCUT2D eigenvalue weighted by Gasteiger charge is -2.36. The minimum Gasteiger partial charge on any atom is -0.389 e. The molecule has 0 radical (unpaired) electrons. The smallest absolute Gasteiger partial charge is 0.136 e. The molecular formula is C13H19N3OS. The lowest BCUT2D eigenvalue weighted by Crippen LogP contribution is -2.41. The van der Waals surface area contributed by atoms with Crippen LogP contribution in [0.15, 0.2) is 12.1 Å². The molecule has 1 fully saturated rings. The molecule has 4 nitrogen and oxygen atoms in total. The standard InChI is InChI=1S/C13H19N3OS/c1-3-17-10-6-9(7-10)16-13-11(12(14)18)5-4-8(2)15-13/h4-5,9-10H,3,6-7H2,1-2H3,(H2,14,18)(H,15,16). The Kier molecular flexibility index (Phi) is 4.14. The minimum absolute atomic E-state index is 0.380. The van der Waals surface area contributed by atoms with Gasteiger partial charge in [0, 0.05) is 18.3 Å². The molecule has 0 bridgehead atoms. The van der Waals surface area contributed by atoms with Crippen molar-refractivity contribution < 1.29 is 4.74 Å². The van der Waals surface area contributed by atoms with Crippen molar-refractivity contribution in [2.45, 2.75) is 38.8 Å². The molecule has 18 heavy (non-hydrogen) atoms. The molecule has 1 aromatic heterocycles. The highest BCUT2D eigenvalue weighted by atomic mass is 32.1. The maximum Gasteiger partial charge on any atom is 0.136 e. The summed E-state index contributed by atoms with van der Waals surface area (Å²) in [5, 5.41) is 3.40. The van der Waals surface area contributed by atoms with Gasteiger partial charge in [0.15, 0.2) is 0 Å². The van der Waals surface area contributed by atoms with Crippen LogP contribution in [0.25, 0.3) is 0 Å². The molecule has 1 aromatic rings. The first-order chi connectivity index (χ1) is 8.60. The summed E-state index contributed by atoms with van der Waals surface area (Å²) in [6.07, 6.45) is 2.41. The predicted octanol–water partition coefficient (Wildman–Crippen LogP) is 2.00. The van der Waals surface area contributed by atoms with Crippen LogP contribution in [0.4, 0.5) is 5.82 Å². The lowest BCUT2D eigenvalue weighted by molar-refractivity contribution is 0.00292. The highest BCUT2D eigenvalue weighted by molar-refractivity contribution is 7.80. The highest BCUT2D eigenvalue weighted by Gasteiger charge is 2.30. The average molecular weight is 265 g/mol. The molecular weight excluding hydrogens is 246 g/mol. The van der Waals surface area contributed by atoms with Gasteiger partial charge in [0.1, 0.15) is 10.8 Å². The van der Waals surface area contributed by atoms with E-state index in [1.165, 1.54) is 0 Å². The van der Waals surface area contributed by atoms with E-state index in [0.29, 0.717) is 17.1 Å². The highest BCUT2D eigenvalue weighted by Crippen LogP contribution is 2.27. The Morgan fingerprint density at radius 1 is 1.56 bits per heavy atom. The van der Waals surface area contributed by atoms with Gasteiger partial charge in [-0.1, -0.05) is 12.2 Å². The van der Waals surface area contributed by atoms with E-state index in [4.69, 9.17) is 22.7 Å². The van der Waals surface area contributed by atoms with Crippen LogP contribution >= 0.6 is 12.2 Å². The van der Waals surface area contributed by atoms with Crippen molar-refractivity contribution >= 4 is 23.0 Å². The number of nitrogens with zero attached hydrogens (tertiary/aromatic N) is 1. The fraction of sp³-hybridized carbons (Fsp3) is 0.538. The second-order valence-corrected chi connectivity index (χ2v) is 5.04. The molecule has 0 saturated heterocycles. The Morgan fingerprint density at radius 2 is 2.28 bits per heavy atom. The molecule has 1 heterocycles. The van der Waals surface area contributed by atoms with E-state index in [2.05, 4.69) is 10.3 Å². The molecule has 0 amide bonds. The molecule has 0 unspecified atom stereocenters. The van der Waals surface area contributed by atoms with Crippen LogP contribution in [0.2, 0.25) is 0 Å². The maximum absolute atomic E-state index is 5.70. The number of pyridine rings is 1. The summed E-state index contributed by atoms with van der Waals surface area (Å²) in [4.78, 5) is 4.85. The molecule has 1 aliphatic rings. The Morgan fingerprint density at radius 3 is 2.89 bits per heavy atom. The molecule has 98 valence electrons. The first-order valence-electron chi connectivity index (χ1n) is 6.25. The fourth-order valence-corrected chi connectivity index (χ4v) is 2.28. The van der Waals surface area contributed by atoms with E-state index in [0.717, 1.165) is 36.5 Å². The first-order valence-corrected chi connectivity index (χ1v) is 6.66. The normalized spacial score (nSPS) is 22.3. The summed E-state index contributed by atoms with van der Waals surface area (Å²) < 4.78 is 5.54. The summed E-state index contributed by atoms with van der Waals surface area (Å²) in [7, 11) is 0. The predicted molar refractivity (Wildman–Crippen MR) is 76.9 cm³/mol. The van der Waals surface area contributed by atoms with E-state index >= 15 is 0 Å². The maximum atomic E-state index is 5.70. The van der Waals surface area contributed by atoms with Crippen molar-refractivity contribution in [2.75, 3.05) is 11.9 Å². The monoisotopic (exact) mass is 265 g/mol. The van der Waals surface area contributed by atoms with Gasteiger partial charge in [-0.3, -0.25) is 0 Å². The van der Waals surface area contributed by atoms with E-state index in [9.17, 15) is 0 Å². The van der Waals surface area contributed by atoms with E-state index in [1.807, 2.05) is 26.0 Å². The molecule has 3 N–H and O–H groups in total. The van der Waals surface area contributed by atoms with Crippen molar-refractivity contribution in [3.8, 4) is 0 Å². The van der Waals surface area contributed by atoms with Gasteiger partial charge in [-0.05, 0) is 38.8 Å². The van der Waals surface area contributed by atoms with Gasteiger partial charge in [0.25, 0.3) is 0 Å². The second kappa shape index (κ2) is 5.63. The second-order valence-electron chi connectivity index (χ2n) is 4.60. The van der Waals surface area contributed by atoms with Gasteiger partial charge < -0.3 is 15.8 Å². The molecule has 0 spiro atoms. The van der Waals surface area contributed by atoms with E-state index in [-0.39, 0.29) is 0 Å². The van der Waals surface area contributed by atoms with Crippen LogP contribution in [0.3, 0.4) is 0 Å². The van der Waals surface area contributed by atoms with Crippen LogP contribution in [0.5, 0.6) is 0 Å². The van der Waals surface area contributed by atoms with Crippen molar-refractivity contribution in [3.05, 3.63) is 23.4 Å². The zero-order valence-electron chi connectivity index (χ0n) is 10.8. The van der Waals surface area contributed by atoms with E-state index in [1.54, 1.807) is 0 Å². The summed E-state index contributed by atoms with van der Waals surface area (Å²) in [5.74, 6) is 0.794. The van der Waals surface area contributed by atoms with Gasteiger partial charge in [-0.25, -0.2) is 4.98 Å². The lowest BCUT2D eigenvalue weighted by atomic mass is 9.89. The minimum atomic E-state index is 0.380. The number of anilines is 1. The number of nitrogens with two attached hydrogens (primary N) is 1. The molecule has 5 heteroatoms. The number of hydrogen-bond acceptors (Lipinski definition) is 4. The Balaban J connectivity index is 2.01. The van der Waals surface area contributed by atoms with Gasteiger partial charge in [-0.15, -0.1) is 0 Å². The van der Waals surface area contributed by atoms with Gasteiger partial charge >= 0.3 is 0 Å². The third-order valence-corrected chi connectivity index (χ3v) is 3.36. The third kappa shape index (κ3) is 2.97. The third-order valence-electron chi connectivity index (χ3n) is 3.14. The fourth-order valence-electron chi connectivity index (χ4n) is 2.11. The Hall–Kier alpha value is -1.20. The van der Waals surface area contributed by atoms with Crippen LogP contribution < -0.4 is 11.1 Å². The zero-order valence-corrected chi connectivity index (χ0v) is 11.6. The number of aromatic nitrogens is 1. The van der Waals surface area contributed by atoms with Crippen molar-refractivity contribution in [1.82, 2.24) is 4.98 Å². The topological polar surface area (TPSA) is 60.2 Å². The number of ether oxygens (including phenoxy) is 1. The zero-order chi connectivity index (χ0) is 13.1. The number of rotatable bonds is 5. The van der Waals surface area contributed by atoms with Crippen LogP contribution in [0, 0.1) is 6.92 Å². The van der Waals surface area contributed by atoms with Crippen LogP contribution in [-0.2, 0) is 4.74 Å². The molecule has 0 aromatic carbocycles.